The molecule has 0 spiro atoms. The molecule has 18 heavy (non-hydrogen) atoms. The van der Waals surface area contributed by atoms with Crippen molar-refractivity contribution < 1.29 is 9.53 Å². The van der Waals surface area contributed by atoms with Crippen molar-refractivity contribution in [1.29, 1.82) is 5.26 Å². The van der Waals surface area contributed by atoms with Crippen molar-refractivity contribution in [2.24, 2.45) is 0 Å². The Bertz CT molecular complexity index is 521. The maximum absolute atomic E-state index is 11.3. The summed E-state index contributed by atoms with van der Waals surface area (Å²) in [6.07, 6.45) is 1.23. The lowest BCUT2D eigenvalue weighted by molar-refractivity contribution is -0.138. The minimum Gasteiger partial charge on any atom is -0.462 e. The zero-order chi connectivity index (χ0) is 13.5. The molecule has 6 heteroatoms. The van der Waals surface area contributed by atoms with Crippen molar-refractivity contribution in [2.45, 2.75) is 6.92 Å². The van der Waals surface area contributed by atoms with E-state index in [1.165, 1.54) is 6.20 Å². The van der Waals surface area contributed by atoms with E-state index in [2.05, 4.69) is 5.32 Å². The molecule has 0 bridgehead atoms. The number of hydrogen-bond acceptors (Lipinski definition) is 4. The quantitative estimate of drug-likeness (QED) is 0.523. The maximum Gasteiger partial charge on any atom is 0.350 e. The van der Waals surface area contributed by atoms with Gasteiger partial charge >= 0.3 is 5.97 Å². The van der Waals surface area contributed by atoms with Gasteiger partial charge in [0.25, 0.3) is 0 Å². The smallest absolute Gasteiger partial charge is 0.350 e. The molecule has 0 aliphatic carbocycles. The maximum atomic E-state index is 11.3. The first-order valence-electron chi connectivity index (χ1n) is 5.07. The van der Waals surface area contributed by atoms with E-state index in [1.807, 2.05) is 0 Å². The molecule has 4 nitrogen and oxygen atoms in total. The first-order valence-corrected chi connectivity index (χ1v) is 5.83. The highest BCUT2D eigenvalue weighted by atomic mass is 35.5. The number of anilines is 1. The van der Waals surface area contributed by atoms with Gasteiger partial charge in [-0.15, -0.1) is 0 Å². The van der Waals surface area contributed by atoms with Crippen molar-refractivity contribution in [1.82, 2.24) is 0 Å². The van der Waals surface area contributed by atoms with Crippen LogP contribution in [-0.2, 0) is 9.53 Å². The van der Waals surface area contributed by atoms with Gasteiger partial charge in [-0.25, -0.2) is 4.79 Å². The average Bonchev–Trinajstić information content (AvgIpc) is 2.34. The van der Waals surface area contributed by atoms with E-state index in [-0.39, 0.29) is 12.2 Å². The Morgan fingerprint density at radius 2 is 2.28 bits per heavy atom. The molecule has 0 aliphatic heterocycles. The number of nitriles is 1. The molecule has 1 rings (SSSR count). The number of halogens is 2. The van der Waals surface area contributed by atoms with Crippen molar-refractivity contribution in [2.75, 3.05) is 11.9 Å². The molecule has 0 aromatic heterocycles. The van der Waals surface area contributed by atoms with Gasteiger partial charge in [0.2, 0.25) is 0 Å². The fourth-order valence-electron chi connectivity index (χ4n) is 1.10. The number of hydrogen-bond donors (Lipinski definition) is 1. The van der Waals surface area contributed by atoms with E-state index in [1.54, 1.807) is 31.2 Å². The number of rotatable bonds is 4. The fourth-order valence-corrected chi connectivity index (χ4v) is 1.45. The molecule has 1 N–H and O–H groups in total. The second kappa shape index (κ2) is 6.90. The van der Waals surface area contributed by atoms with Gasteiger partial charge in [0.15, 0.2) is 5.57 Å². The first-order chi connectivity index (χ1) is 8.58. The summed E-state index contributed by atoms with van der Waals surface area (Å²) in [5.41, 5.74) is 0.356. The summed E-state index contributed by atoms with van der Waals surface area (Å²) >= 11 is 11.7. The molecule has 0 radical (unpaired) electrons. The minimum absolute atomic E-state index is 0.145. The summed E-state index contributed by atoms with van der Waals surface area (Å²) in [7, 11) is 0. The zero-order valence-corrected chi connectivity index (χ0v) is 11.0. The standard InChI is InChI=1S/C12H10Cl2N2O2/c1-2-18-12(17)8(6-15)7-16-11-5-9(13)3-4-10(11)14/h3-5,7,16H,2H2,1H3/b8-7+. The van der Waals surface area contributed by atoms with E-state index in [0.717, 1.165) is 0 Å². The van der Waals surface area contributed by atoms with Crippen LogP contribution in [0.25, 0.3) is 0 Å². The van der Waals surface area contributed by atoms with Gasteiger partial charge in [-0.1, -0.05) is 23.2 Å². The van der Waals surface area contributed by atoms with Crippen LogP contribution in [0.4, 0.5) is 5.69 Å². The van der Waals surface area contributed by atoms with Crippen LogP contribution < -0.4 is 5.32 Å². The normalized spacial score (nSPS) is 10.7. The number of ether oxygens (including phenoxy) is 1. The second-order valence-electron chi connectivity index (χ2n) is 3.16. The number of carbonyl (C=O) groups is 1. The van der Waals surface area contributed by atoms with Gasteiger partial charge in [0.05, 0.1) is 17.3 Å². The Labute approximate surface area is 115 Å². The van der Waals surface area contributed by atoms with Gasteiger partial charge in [-0.3, -0.25) is 0 Å². The molecule has 94 valence electrons. The third kappa shape index (κ3) is 3.95. The fraction of sp³-hybridized carbons (Fsp3) is 0.167. The summed E-state index contributed by atoms with van der Waals surface area (Å²) in [5, 5.41) is 12.5. The highest BCUT2D eigenvalue weighted by molar-refractivity contribution is 6.35. The van der Waals surface area contributed by atoms with Crippen LogP contribution in [0, 0.1) is 11.3 Å². The molecule has 0 fully saturated rings. The second-order valence-corrected chi connectivity index (χ2v) is 4.00. The Hall–Kier alpha value is -1.70. The van der Waals surface area contributed by atoms with Gasteiger partial charge < -0.3 is 10.1 Å². The molecule has 0 heterocycles. The van der Waals surface area contributed by atoms with Crippen LogP contribution in [0.2, 0.25) is 10.0 Å². The van der Waals surface area contributed by atoms with E-state index in [0.29, 0.717) is 15.7 Å². The lowest BCUT2D eigenvalue weighted by Gasteiger charge is -2.05. The van der Waals surface area contributed by atoms with Gasteiger partial charge in [-0.2, -0.15) is 5.26 Å². The SMILES string of the molecule is CCOC(=O)/C(C#N)=C/Nc1cc(Cl)ccc1Cl. The number of esters is 1. The topological polar surface area (TPSA) is 62.1 Å². The van der Waals surface area contributed by atoms with Gasteiger partial charge in [0.1, 0.15) is 6.07 Å². The third-order valence-corrected chi connectivity index (χ3v) is 2.48. The molecule has 1 aromatic rings. The summed E-state index contributed by atoms with van der Waals surface area (Å²) < 4.78 is 4.71. The van der Waals surface area contributed by atoms with E-state index < -0.39 is 5.97 Å². The Morgan fingerprint density at radius 1 is 1.56 bits per heavy atom. The minimum atomic E-state index is -0.689. The van der Waals surface area contributed by atoms with Crippen LogP contribution in [-0.4, -0.2) is 12.6 Å². The number of benzene rings is 1. The molecular formula is C12H10Cl2N2O2. The number of carbonyl (C=O) groups excluding carboxylic acids is 1. The predicted octanol–water partition coefficient (Wildman–Crippen LogP) is 3.38. The Balaban J connectivity index is 2.87. The van der Waals surface area contributed by atoms with Crippen LogP contribution in [0.1, 0.15) is 6.92 Å². The van der Waals surface area contributed by atoms with Crippen molar-refractivity contribution in [3.63, 3.8) is 0 Å². The molecule has 0 atom stereocenters. The van der Waals surface area contributed by atoms with Crippen molar-refractivity contribution >= 4 is 34.9 Å². The van der Waals surface area contributed by atoms with Crippen LogP contribution in [0.15, 0.2) is 30.0 Å². The van der Waals surface area contributed by atoms with Crippen molar-refractivity contribution in [3.05, 3.63) is 40.0 Å². The first kappa shape index (κ1) is 14.4. The summed E-state index contributed by atoms with van der Waals surface area (Å²) in [6, 6.07) is 6.56. The highest BCUT2D eigenvalue weighted by Gasteiger charge is 2.09. The molecule has 1 aromatic carbocycles. The lowest BCUT2D eigenvalue weighted by Crippen LogP contribution is -2.07. The van der Waals surface area contributed by atoms with Crippen LogP contribution in [0.3, 0.4) is 0 Å². The molecule has 0 unspecified atom stereocenters. The Morgan fingerprint density at radius 3 is 2.89 bits per heavy atom. The zero-order valence-electron chi connectivity index (χ0n) is 9.54. The molecule has 0 saturated carbocycles. The monoisotopic (exact) mass is 284 g/mol. The summed E-state index contributed by atoms with van der Waals surface area (Å²) in [6.45, 7) is 1.87. The number of nitrogens with zero attached hydrogens (tertiary/aromatic N) is 1. The number of nitrogens with one attached hydrogen (secondary N) is 1. The third-order valence-electron chi connectivity index (χ3n) is 1.92. The summed E-state index contributed by atoms with van der Waals surface area (Å²) in [4.78, 5) is 11.3. The summed E-state index contributed by atoms with van der Waals surface area (Å²) in [5.74, 6) is -0.689. The van der Waals surface area contributed by atoms with E-state index in [9.17, 15) is 4.79 Å². The average molecular weight is 285 g/mol. The highest BCUT2D eigenvalue weighted by Crippen LogP contribution is 2.25. The van der Waals surface area contributed by atoms with Gasteiger partial charge in [0, 0.05) is 11.2 Å². The van der Waals surface area contributed by atoms with Gasteiger partial charge in [-0.05, 0) is 25.1 Å². The van der Waals surface area contributed by atoms with Crippen molar-refractivity contribution in [3.8, 4) is 6.07 Å². The Kier molecular flexibility index (Phi) is 5.50. The van der Waals surface area contributed by atoms with Crippen LogP contribution in [0.5, 0.6) is 0 Å². The molecule has 0 aliphatic rings. The largest absolute Gasteiger partial charge is 0.462 e. The van der Waals surface area contributed by atoms with E-state index in [4.69, 9.17) is 33.2 Å². The molecular weight excluding hydrogens is 275 g/mol. The lowest BCUT2D eigenvalue weighted by atomic mass is 10.3. The molecule has 0 amide bonds. The predicted molar refractivity (Wildman–Crippen MR) is 70.4 cm³/mol. The molecule has 0 saturated heterocycles. The van der Waals surface area contributed by atoms with E-state index >= 15 is 0 Å². The van der Waals surface area contributed by atoms with Crippen LogP contribution >= 0.6 is 23.2 Å².